The van der Waals surface area contributed by atoms with E-state index in [0.29, 0.717) is 35.1 Å². The van der Waals surface area contributed by atoms with E-state index in [1.54, 1.807) is 24.3 Å². The first-order valence-corrected chi connectivity index (χ1v) is 8.02. The number of carbonyl (C=O) groups excluding carboxylic acids is 1. The third-order valence-corrected chi connectivity index (χ3v) is 3.56. The van der Waals surface area contributed by atoms with E-state index in [1.807, 2.05) is 6.92 Å². The molecule has 0 atom stereocenters. The predicted octanol–water partition coefficient (Wildman–Crippen LogP) is 4.08. The molecule has 140 valence electrons. The Labute approximate surface area is 152 Å². The maximum atomic E-state index is 12.3. The smallest absolute Gasteiger partial charge is 0.406 e. The number of anilines is 1. The molecule has 1 heterocycles. The van der Waals surface area contributed by atoms with Crippen LogP contribution in [-0.2, 0) is 0 Å². The molecule has 0 amide bonds. The summed E-state index contributed by atoms with van der Waals surface area (Å²) in [5, 5.41) is 7.48. The molecule has 0 aliphatic carbocycles. The van der Waals surface area contributed by atoms with Crippen molar-refractivity contribution in [3.05, 3.63) is 54.1 Å². The first kappa shape index (κ1) is 18.4. The van der Waals surface area contributed by atoms with Gasteiger partial charge in [0.1, 0.15) is 12.0 Å². The molecule has 3 rings (SSSR count). The fourth-order valence-electron chi connectivity index (χ4n) is 2.39. The predicted molar refractivity (Wildman–Crippen MR) is 93.0 cm³/mol. The highest BCUT2D eigenvalue weighted by Crippen LogP contribution is 2.26. The molecular weight excluding hydrogens is 361 g/mol. The highest BCUT2D eigenvalue weighted by Gasteiger charge is 2.31. The van der Waals surface area contributed by atoms with Crippen LogP contribution in [0.25, 0.3) is 17.1 Å². The van der Waals surface area contributed by atoms with Crippen LogP contribution < -0.4 is 10.1 Å². The highest BCUT2D eigenvalue weighted by atomic mass is 19.4. The van der Waals surface area contributed by atoms with Gasteiger partial charge in [0.25, 0.3) is 0 Å². The summed E-state index contributed by atoms with van der Waals surface area (Å²) in [4.78, 5) is 15.2. The van der Waals surface area contributed by atoms with E-state index in [9.17, 15) is 18.0 Å². The molecule has 27 heavy (non-hydrogen) atoms. The standard InChI is InChI=1S/C18H15F3N4O2/c1-2-22-17-23-16(13-5-3-12(11-26)4-6-13)24-25(17)14-7-9-15(10-8-14)27-18(19,20)21/h3-11H,2H2,1H3,(H,22,23,24). The van der Waals surface area contributed by atoms with Crippen LogP contribution in [0, 0.1) is 0 Å². The van der Waals surface area contributed by atoms with Crippen molar-refractivity contribution >= 4 is 12.2 Å². The second-order valence-corrected chi connectivity index (χ2v) is 5.48. The van der Waals surface area contributed by atoms with Gasteiger partial charge in [0.2, 0.25) is 5.95 Å². The van der Waals surface area contributed by atoms with Crippen molar-refractivity contribution in [1.82, 2.24) is 14.8 Å². The van der Waals surface area contributed by atoms with E-state index < -0.39 is 6.36 Å². The molecule has 0 saturated carbocycles. The van der Waals surface area contributed by atoms with E-state index in [1.165, 1.54) is 28.9 Å². The minimum atomic E-state index is -4.75. The maximum absolute atomic E-state index is 12.3. The fourth-order valence-corrected chi connectivity index (χ4v) is 2.39. The Morgan fingerprint density at radius 3 is 2.33 bits per heavy atom. The Morgan fingerprint density at radius 1 is 1.11 bits per heavy atom. The van der Waals surface area contributed by atoms with Crippen molar-refractivity contribution in [2.24, 2.45) is 0 Å². The van der Waals surface area contributed by atoms with Crippen LogP contribution in [0.5, 0.6) is 5.75 Å². The van der Waals surface area contributed by atoms with Crippen LogP contribution >= 0.6 is 0 Å². The normalized spacial score (nSPS) is 11.3. The number of benzene rings is 2. The number of hydrogen-bond donors (Lipinski definition) is 1. The summed E-state index contributed by atoms with van der Waals surface area (Å²) >= 11 is 0. The van der Waals surface area contributed by atoms with Gasteiger partial charge in [-0.05, 0) is 31.2 Å². The van der Waals surface area contributed by atoms with E-state index in [0.717, 1.165) is 6.29 Å². The van der Waals surface area contributed by atoms with Crippen molar-refractivity contribution in [2.45, 2.75) is 13.3 Å². The Morgan fingerprint density at radius 2 is 1.78 bits per heavy atom. The fraction of sp³-hybridized carbons (Fsp3) is 0.167. The lowest BCUT2D eigenvalue weighted by Gasteiger charge is -2.10. The van der Waals surface area contributed by atoms with Crippen LogP contribution in [0.15, 0.2) is 48.5 Å². The SMILES string of the molecule is CCNc1nc(-c2ccc(C=O)cc2)nn1-c1ccc(OC(F)(F)F)cc1. The van der Waals surface area contributed by atoms with E-state index in [-0.39, 0.29) is 5.75 Å². The van der Waals surface area contributed by atoms with Gasteiger partial charge in [-0.1, -0.05) is 24.3 Å². The van der Waals surface area contributed by atoms with Crippen LogP contribution in [0.4, 0.5) is 19.1 Å². The number of rotatable bonds is 6. The van der Waals surface area contributed by atoms with Crippen molar-refractivity contribution in [3.63, 3.8) is 0 Å². The van der Waals surface area contributed by atoms with Gasteiger partial charge in [-0.3, -0.25) is 4.79 Å². The zero-order chi connectivity index (χ0) is 19.4. The second kappa shape index (κ2) is 7.48. The third kappa shape index (κ3) is 4.43. The number of nitrogens with one attached hydrogen (secondary N) is 1. The van der Waals surface area contributed by atoms with Gasteiger partial charge >= 0.3 is 6.36 Å². The first-order valence-electron chi connectivity index (χ1n) is 8.02. The lowest BCUT2D eigenvalue weighted by molar-refractivity contribution is -0.274. The summed E-state index contributed by atoms with van der Waals surface area (Å²) in [6.07, 6.45) is -4.00. The van der Waals surface area contributed by atoms with Crippen molar-refractivity contribution in [2.75, 3.05) is 11.9 Å². The number of nitrogens with zero attached hydrogens (tertiary/aromatic N) is 3. The van der Waals surface area contributed by atoms with Crippen LogP contribution in [0.3, 0.4) is 0 Å². The van der Waals surface area contributed by atoms with Crippen molar-refractivity contribution in [3.8, 4) is 22.8 Å². The summed E-state index contributed by atoms with van der Waals surface area (Å²) in [6.45, 7) is 2.47. The number of halogens is 3. The third-order valence-electron chi connectivity index (χ3n) is 3.56. The summed E-state index contributed by atoms with van der Waals surface area (Å²) in [7, 11) is 0. The molecule has 0 radical (unpaired) electrons. The molecule has 9 heteroatoms. The molecule has 0 saturated heterocycles. The van der Waals surface area contributed by atoms with Crippen molar-refractivity contribution < 1.29 is 22.7 Å². The summed E-state index contributed by atoms with van der Waals surface area (Å²) in [5.74, 6) is 0.538. The number of aromatic nitrogens is 3. The Bertz CT molecular complexity index is 919. The minimum Gasteiger partial charge on any atom is -0.406 e. The highest BCUT2D eigenvalue weighted by molar-refractivity contribution is 5.76. The molecule has 0 bridgehead atoms. The molecule has 0 spiro atoms. The Kier molecular flexibility index (Phi) is 5.11. The summed E-state index contributed by atoms with van der Waals surface area (Å²) in [6, 6.07) is 12.1. The minimum absolute atomic E-state index is 0.318. The molecule has 2 aromatic carbocycles. The number of hydrogen-bond acceptors (Lipinski definition) is 5. The Balaban J connectivity index is 1.94. The molecule has 1 N–H and O–H groups in total. The lowest BCUT2D eigenvalue weighted by Crippen LogP contribution is -2.17. The molecule has 0 fully saturated rings. The zero-order valence-electron chi connectivity index (χ0n) is 14.2. The number of ether oxygens (including phenoxy) is 1. The van der Waals surface area contributed by atoms with Gasteiger partial charge in [-0.25, -0.2) is 0 Å². The molecule has 0 aliphatic rings. The van der Waals surface area contributed by atoms with Gasteiger partial charge in [0.15, 0.2) is 5.82 Å². The molecular formula is C18H15F3N4O2. The average molecular weight is 376 g/mol. The number of carbonyl (C=O) groups is 1. The number of aldehydes is 1. The van der Waals surface area contributed by atoms with Gasteiger partial charge in [0, 0.05) is 17.7 Å². The first-order chi connectivity index (χ1) is 12.9. The van der Waals surface area contributed by atoms with Gasteiger partial charge in [0.05, 0.1) is 5.69 Å². The quantitative estimate of drug-likeness (QED) is 0.657. The van der Waals surface area contributed by atoms with Crippen LogP contribution in [-0.4, -0.2) is 34.0 Å². The van der Waals surface area contributed by atoms with Crippen LogP contribution in [0.2, 0.25) is 0 Å². The van der Waals surface area contributed by atoms with Crippen molar-refractivity contribution in [1.29, 1.82) is 0 Å². The largest absolute Gasteiger partial charge is 0.573 e. The topological polar surface area (TPSA) is 69.0 Å². The molecule has 3 aromatic rings. The molecule has 6 nitrogen and oxygen atoms in total. The molecule has 0 aliphatic heterocycles. The van der Waals surface area contributed by atoms with Gasteiger partial charge in [-0.2, -0.15) is 9.67 Å². The number of alkyl halides is 3. The van der Waals surface area contributed by atoms with E-state index in [4.69, 9.17) is 0 Å². The summed E-state index contributed by atoms with van der Waals surface area (Å²) in [5.41, 5.74) is 1.75. The molecule has 0 unspecified atom stereocenters. The van der Waals surface area contributed by atoms with Gasteiger partial charge in [-0.15, -0.1) is 18.3 Å². The van der Waals surface area contributed by atoms with Crippen LogP contribution in [0.1, 0.15) is 17.3 Å². The monoisotopic (exact) mass is 376 g/mol. The maximum Gasteiger partial charge on any atom is 0.573 e. The molecule has 1 aromatic heterocycles. The van der Waals surface area contributed by atoms with Gasteiger partial charge < -0.3 is 10.1 Å². The van der Waals surface area contributed by atoms with E-state index in [2.05, 4.69) is 20.1 Å². The lowest BCUT2D eigenvalue weighted by atomic mass is 10.1. The average Bonchev–Trinajstić information content (AvgIpc) is 3.05. The Hall–Kier alpha value is -3.36. The summed E-state index contributed by atoms with van der Waals surface area (Å²) < 4.78 is 42.2. The zero-order valence-corrected chi connectivity index (χ0v) is 14.2. The van der Waals surface area contributed by atoms with E-state index >= 15 is 0 Å². The second-order valence-electron chi connectivity index (χ2n) is 5.48.